The highest BCUT2D eigenvalue weighted by atomic mass is 35.5. The van der Waals surface area contributed by atoms with Gasteiger partial charge in [-0.3, -0.25) is 0 Å². The Labute approximate surface area is 96.5 Å². The molecule has 0 spiro atoms. The second-order valence-electron chi connectivity index (χ2n) is 3.67. The molecule has 0 radical (unpaired) electrons. The van der Waals surface area contributed by atoms with E-state index in [1.165, 1.54) is 0 Å². The number of rotatable bonds is 5. The van der Waals surface area contributed by atoms with Crippen molar-refractivity contribution in [3.63, 3.8) is 0 Å². The minimum absolute atomic E-state index is 0.456. The molecule has 1 aromatic heterocycles. The largest absolute Gasteiger partial charge is 0.358 e. The zero-order valence-electron chi connectivity index (χ0n) is 9.50. The summed E-state index contributed by atoms with van der Waals surface area (Å²) < 4.78 is 0. The fourth-order valence-electron chi connectivity index (χ4n) is 1.51. The third kappa shape index (κ3) is 4.06. The van der Waals surface area contributed by atoms with Crippen LogP contribution in [0, 0.1) is 0 Å². The fourth-order valence-corrected chi connectivity index (χ4v) is 1.62. The molecule has 0 saturated heterocycles. The van der Waals surface area contributed by atoms with Gasteiger partial charge in [-0.05, 0) is 25.6 Å². The van der Waals surface area contributed by atoms with Crippen LogP contribution >= 0.6 is 11.6 Å². The van der Waals surface area contributed by atoms with E-state index in [4.69, 9.17) is 11.6 Å². The SMILES string of the molecule is CCN[C@@H](C)CN(C)c1ccc(Cl)cn1. The minimum Gasteiger partial charge on any atom is -0.358 e. The van der Waals surface area contributed by atoms with Crippen LogP contribution < -0.4 is 10.2 Å². The van der Waals surface area contributed by atoms with Gasteiger partial charge in [-0.15, -0.1) is 0 Å². The van der Waals surface area contributed by atoms with Gasteiger partial charge in [-0.2, -0.15) is 0 Å². The van der Waals surface area contributed by atoms with Crippen LogP contribution in [0.3, 0.4) is 0 Å². The van der Waals surface area contributed by atoms with Crippen molar-refractivity contribution >= 4 is 17.4 Å². The predicted octanol–water partition coefficient (Wildman–Crippen LogP) is 2.17. The lowest BCUT2D eigenvalue weighted by Gasteiger charge is -2.22. The summed E-state index contributed by atoms with van der Waals surface area (Å²) in [5.41, 5.74) is 0. The molecule has 0 unspecified atom stereocenters. The third-order valence-corrected chi connectivity index (χ3v) is 2.43. The number of likely N-dealkylation sites (N-methyl/N-ethyl adjacent to an activating group) is 2. The van der Waals surface area contributed by atoms with Crippen molar-refractivity contribution in [3.05, 3.63) is 23.4 Å². The highest BCUT2D eigenvalue weighted by Crippen LogP contribution is 2.12. The van der Waals surface area contributed by atoms with Gasteiger partial charge in [0.05, 0.1) is 5.02 Å². The normalized spacial score (nSPS) is 12.5. The highest BCUT2D eigenvalue weighted by Gasteiger charge is 2.06. The molecule has 0 bridgehead atoms. The smallest absolute Gasteiger partial charge is 0.128 e. The van der Waals surface area contributed by atoms with E-state index in [-0.39, 0.29) is 0 Å². The maximum absolute atomic E-state index is 5.78. The van der Waals surface area contributed by atoms with E-state index in [0.29, 0.717) is 11.1 Å². The van der Waals surface area contributed by atoms with Crippen molar-refractivity contribution in [3.8, 4) is 0 Å². The molecule has 0 saturated carbocycles. The van der Waals surface area contributed by atoms with Crippen LogP contribution in [0.5, 0.6) is 0 Å². The van der Waals surface area contributed by atoms with Crippen molar-refractivity contribution < 1.29 is 0 Å². The Morgan fingerprint density at radius 2 is 2.27 bits per heavy atom. The van der Waals surface area contributed by atoms with Crippen LogP contribution in [0.2, 0.25) is 5.02 Å². The summed E-state index contributed by atoms with van der Waals surface area (Å²) in [6.07, 6.45) is 1.67. The van der Waals surface area contributed by atoms with E-state index in [0.717, 1.165) is 18.9 Å². The standard InChI is InChI=1S/C11H18ClN3/c1-4-13-9(2)8-15(3)11-6-5-10(12)7-14-11/h5-7,9,13H,4,8H2,1-3H3/t9-/m0/s1. The van der Waals surface area contributed by atoms with Crippen LogP contribution in [-0.2, 0) is 0 Å². The van der Waals surface area contributed by atoms with Gasteiger partial charge >= 0.3 is 0 Å². The van der Waals surface area contributed by atoms with E-state index in [9.17, 15) is 0 Å². The molecule has 3 nitrogen and oxygen atoms in total. The van der Waals surface area contributed by atoms with E-state index in [1.807, 2.05) is 19.2 Å². The Kier molecular flexibility index (Phi) is 4.85. The van der Waals surface area contributed by atoms with Gasteiger partial charge in [0.15, 0.2) is 0 Å². The summed E-state index contributed by atoms with van der Waals surface area (Å²) in [4.78, 5) is 6.37. The van der Waals surface area contributed by atoms with Gasteiger partial charge in [0.2, 0.25) is 0 Å². The molecule has 0 aliphatic rings. The molecule has 1 aromatic rings. The number of pyridine rings is 1. The number of aromatic nitrogens is 1. The van der Waals surface area contributed by atoms with Crippen LogP contribution in [0.4, 0.5) is 5.82 Å². The molecule has 0 fully saturated rings. The highest BCUT2D eigenvalue weighted by molar-refractivity contribution is 6.30. The topological polar surface area (TPSA) is 28.2 Å². The lowest BCUT2D eigenvalue weighted by molar-refractivity contribution is 0.563. The van der Waals surface area contributed by atoms with Crippen molar-refractivity contribution in [2.75, 3.05) is 25.0 Å². The van der Waals surface area contributed by atoms with Crippen LogP contribution in [0.15, 0.2) is 18.3 Å². The molecule has 84 valence electrons. The fraction of sp³-hybridized carbons (Fsp3) is 0.545. The number of hydrogen-bond donors (Lipinski definition) is 1. The molecule has 4 heteroatoms. The molecule has 0 amide bonds. The number of halogens is 1. The monoisotopic (exact) mass is 227 g/mol. The average Bonchev–Trinajstić information content (AvgIpc) is 2.18. The Bertz CT molecular complexity index is 286. The third-order valence-electron chi connectivity index (χ3n) is 2.20. The first kappa shape index (κ1) is 12.3. The van der Waals surface area contributed by atoms with Gasteiger partial charge in [0, 0.05) is 25.8 Å². The summed E-state index contributed by atoms with van der Waals surface area (Å²) in [5.74, 6) is 0.948. The molecule has 1 atom stereocenters. The number of hydrogen-bond acceptors (Lipinski definition) is 3. The lowest BCUT2D eigenvalue weighted by atomic mass is 10.3. The zero-order valence-corrected chi connectivity index (χ0v) is 10.3. The van der Waals surface area contributed by atoms with Crippen LogP contribution in [0.25, 0.3) is 0 Å². The maximum Gasteiger partial charge on any atom is 0.128 e. The quantitative estimate of drug-likeness (QED) is 0.836. The summed E-state index contributed by atoms with van der Waals surface area (Å²) in [6.45, 7) is 6.19. The molecule has 0 aromatic carbocycles. The molecular weight excluding hydrogens is 210 g/mol. The summed E-state index contributed by atoms with van der Waals surface area (Å²) >= 11 is 5.78. The zero-order chi connectivity index (χ0) is 11.3. The average molecular weight is 228 g/mol. The van der Waals surface area contributed by atoms with Gasteiger partial charge < -0.3 is 10.2 Å². The first-order valence-electron chi connectivity index (χ1n) is 5.19. The van der Waals surface area contributed by atoms with Crippen molar-refractivity contribution in [2.45, 2.75) is 19.9 Å². The van der Waals surface area contributed by atoms with Crippen molar-refractivity contribution in [1.29, 1.82) is 0 Å². The molecule has 1 rings (SSSR count). The maximum atomic E-state index is 5.78. The summed E-state index contributed by atoms with van der Waals surface area (Å²) in [6, 6.07) is 4.25. The van der Waals surface area contributed by atoms with E-state index < -0.39 is 0 Å². The van der Waals surface area contributed by atoms with E-state index >= 15 is 0 Å². The summed E-state index contributed by atoms with van der Waals surface area (Å²) in [5, 5.41) is 4.04. The predicted molar refractivity (Wildman–Crippen MR) is 65.7 cm³/mol. The van der Waals surface area contributed by atoms with E-state index in [1.54, 1.807) is 6.20 Å². The minimum atomic E-state index is 0.456. The number of nitrogens with zero attached hydrogens (tertiary/aromatic N) is 2. The first-order chi connectivity index (χ1) is 7.13. The lowest BCUT2D eigenvalue weighted by Crippen LogP contribution is -2.37. The van der Waals surface area contributed by atoms with Crippen LogP contribution in [-0.4, -0.2) is 31.2 Å². The van der Waals surface area contributed by atoms with Crippen LogP contribution in [0.1, 0.15) is 13.8 Å². The second kappa shape index (κ2) is 5.93. The molecular formula is C11H18ClN3. The van der Waals surface area contributed by atoms with Gasteiger partial charge in [-0.1, -0.05) is 18.5 Å². The van der Waals surface area contributed by atoms with Crippen molar-refractivity contribution in [2.24, 2.45) is 0 Å². The Balaban J connectivity index is 2.53. The number of nitrogens with one attached hydrogen (secondary N) is 1. The Hall–Kier alpha value is -0.800. The first-order valence-corrected chi connectivity index (χ1v) is 5.57. The van der Waals surface area contributed by atoms with Gasteiger partial charge in [0.1, 0.15) is 5.82 Å². The Morgan fingerprint density at radius 1 is 1.53 bits per heavy atom. The summed E-state index contributed by atoms with van der Waals surface area (Å²) in [7, 11) is 2.03. The molecule has 15 heavy (non-hydrogen) atoms. The Morgan fingerprint density at radius 3 is 2.80 bits per heavy atom. The molecule has 0 aliphatic carbocycles. The van der Waals surface area contributed by atoms with Gasteiger partial charge in [-0.25, -0.2) is 4.98 Å². The van der Waals surface area contributed by atoms with Gasteiger partial charge in [0.25, 0.3) is 0 Å². The number of anilines is 1. The van der Waals surface area contributed by atoms with E-state index in [2.05, 4.69) is 29.0 Å². The molecule has 1 heterocycles. The second-order valence-corrected chi connectivity index (χ2v) is 4.11. The molecule has 1 N–H and O–H groups in total. The molecule has 0 aliphatic heterocycles. The van der Waals surface area contributed by atoms with Crippen molar-refractivity contribution in [1.82, 2.24) is 10.3 Å².